The fraction of sp³-hybridized carbons (Fsp3) is 0.308. The molecule has 112 valence electrons. The molecule has 6 nitrogen and oxygen atoms in total. The van der Waals surface area contributed by atoms with Gasteiger partial charge >= 0.3 is 0 Å². The largest absolute Gasteiger partial charge is 0.387 e. The molecule has 8 heteroatoms. The van der Waals surface area contributed by atoms with E-state index in [2.05, 4.69) is 15.6 Å². The first-order valence-corrected chi connectivity index (χ1v) is 7.08. The molecule has 1 atom stereocenters. The van der Waals surface area contributed by atoms with Crippen molar-refractivity contribution in [2.45, 2.75) is 26.0 Å². The zero-order valence-electron chi connectivity index (χ0n) is 11.3. The van der Waals surface area contributed by atoms with Crippen LogP contribution in [0.25, 0.3) is 0 Å². The van der Waals surface area contributed by atoms with E-state index in [4.69, 9.17) is 23.2 Å². The molecular weight excluding hydrogens is 315 g/mol. The summed E-state index contributed by atoms with van der Waals surface area (Å²) in [5, 5.41) is 20.5. The van der Waals surface area contributed by atoms with Crippen LogP contribution in [0.3, 0.4) is 0 Å². The van der Waals surface area contributed by atoms with Crippen LogP contribution in [0.1, 0.15) is 25.1 Å². The Labute approximate surface area is 131 Å². The molecule has 0 aliphatic heterocycles. The van der Waals surface area contributed by atoms with Crippen molar-refractivity contribution in [1.82, 2.24) is 15.0 Å². The minimum Gasteiger partial charge on any atom is -0.387 e. The second-order valence-electron chi connectivity index (χ2n) is 4.41. The summed E-state index contributed by atoms with van der Waals surface area (Å²) >= 11 is 11.9. The Morgan fingerprint density at radius 1 is 1.48 bits per heavy atom. The first kappa shape index (κ1) is 15.8. The standard InChI is InChI=1S/C13H14Cl2N4O2/c1-2-11(20)10-6-19(18-17-10)7-12(21)16-9-5-3-4-8(14)13(9)15/h3-6,11,20H,2,7H2,1H3,(H,16,21). The van der Waals surface area contributed by atoms with Crippen LogP contribution in [0.5, 0.6) is 0 Å². The predicted octanol–water partition coefficient (Wildman–Crippen LogP) is 2.67. The quantitative estimate of drug-likeness (QED) is 0.884. The number of hydrogen-bond acceptors (Lipinski definition) is 4. The van der Waals surface area contributed by atoms with Gasteiger partial charge in [0.1, 0.15) is 12.2 Å². The maximum atomic E-state index is 11.9. The number of rotatable bonds is 5. The summed E-state index contributed by atoms with van der Waals surface area (Å²) in [5.74, 6) is -0.318. The summed E-state index contributed by atoms with van der Waals surface area (Å²) in [6.45, 7) is 1.80. The minimum atomic E-state index is -0.677. The third-order valence-electron chi connectivity index (χ3n) is 2.82. The Bertz CT molecular complexity index is 645. The number of carbonyl (C=O) groups excluding carboxylic acids is 1. The van der Waals surface area contributed by atoms with E-state index in [9.17, 15) is 9.90 Å². The van der Waals surface area contributed by atoms with E-state index in [1.54, 1.807) is 18.2 Å². The van der Waals surface area contributed by atoms with Crippen LogP contribution < -0.4 is 5.32 Å². The lowest BCUT2D eigenvalue weighted by atomic mass is 10.2. The SMILES string of the molecule is CCC(O)c1cn(CC(=O)Nc2cccc(Cl)c2Cl)nn1. The van der Waals surface area contributed by atoms with Gasteiger partial charge in [0.05, 0.1) is 28.0 Å². The van der Waals surface area contributed by atoms with Gasteiger partial charge in [0, 0.05) is 0 Å². The monoisotopic (exact) mass is 328 g/mol. The Balaban J connectivity index is 2.02. The van der Waals surface area contributed by atoms with Gasteiger partial charge in [-0.3, -0.25) is 4.79 Å². The molecule has 1 heterocycles. The highest BCUT2D eigenvalue weighted by Crippen LogP contribution is 2.29. The van der Waals surface area contributed by atoms with E-state index in [1.807, 2.05) is 6.92 Å². The van der Waals surface area contributed by atoms with Gasteiger partial charge in [0.2, 0.25) is 5.91 Å². The van der Waals surface area contributed by atoms with Crippen molar-refractivity contribution in [2.75, 3.05) is 5.32 Å². The Hall–Kier alpha value is -1.63. The van der Waals surface area contributed by atoms with Crippen molar-refractivity contribution in [2.24, 2.45) is 0 Å². The average Bonchev–Trinajstić information content (AvgIpc) is 2.91. The summed E-state index contributed by atoms with van der Waals surface area (Å²) in [6.07, 6.45) is 1.39. The van der Waals surface area contributed by atoms with Crippen molar-refractivity contribution in [3.8, 4) is 0 Å². The van der Waals surface area contributed by atoms with Crippen molar-refractivity contribution >= 4 is 34.8 Å². The number of aromatic nitrogens is 3. The fourth-order valence-corrected chi connectivity index (χ4v) is 2.04. The summed E-state index contributed by atoms with van der Waals surface area (Å²) in [6, 6.07) is 4.98. The molecule has 1 amide bonds. The molecule has 0 saturated heterocycles. The lowest BCUT2D eigenvalue weighted by Gasteiger charge is -2.07. The number of anilines is 1. The number of nitrogens with one attached hydrogen (secondary N) is 1. The fourth-order valence-electron chi connectivity index (χ4n) is 1.69. The van der Waals surface area contributed by atoms with E-state index in [0.717, 1.165) is 0 Å². The first-order valence-electron chi connectivity index (χ1n) is 6.33. The molecule has 1 unspecified atom stereocenters. The van der Waals surface area contributed by atoms with Gasteiger partial charge in [0.25, 0.3) is 0 Å². The molecule has 0 aliphatic rings. The Morgan fingerprint density at radius 2 is 2.24 bits per heavy atom. The smallest absolute Gasteiger partial charge is 0.246 e. The van der Waals surface area contributed by atoms with Gasteiger partial charge in [-0.25, -0.2) is 4.68 Å². The normalized spacial score (nSPS) is 12.2. The molecule has 0 saturated carbocycles. The second kappa shape index (κ2) is 6.89. The number of halogens is 2. The van der Waals surface area contributed by atoms with E-state index < -0.39 is 6.10 Å². The van der Waals surface area contributed by atoms with Crippen molar-refractivity contribution in [3.05, 3.63) is 40.1 Å². The molecule has 0 aliphatic carbocycles. The van der Waals surface area contributed by atoms with E-state index >= 15 is 0 Å². The Kier molecular flexibility index (Phi) is 5.17. The molecule has 0 fully saturated rings. The van der Waals surface area contributed by atoms with Crippen molar-refractivity contribution in [1.29, 1.82) is 0 Å². The molecule has 2 rings (SSSR count). The van der Waals surface area contributed by atoms with Gasteiger partial charge in [-0.15, -0.1) is 5.10 Å². The molecular formula is C13H14Cl2N4O2. The van der Waals surface area contributed by atoms with Gasteiger partial charge < -0.3 is 10.4 Å². The minimum absolute atomic E-state index is 0.0354. The van der Waals surface area contributed by atoms with Crippen LogP contribution in [0, 0.1) is 0 Å². The number of amides is 1. The van der Waals surface area contributed by atoms with Gasteiger partial charge in [-0.05, 0) is 18.6 Å². The van der Waals surface area contributed by atoms with E-state index in [-0.39, 0.29) is 17.5 Å². The topological polar surface area (TPSA) is 80.0 Å². The summed E-state index contributed by atoms with van der Waals surface area (Å²) in [4.78, 5) is 11.9. The molecule has 1 aromatic heterocycles. The summed E-state index contributed by atoms with van der Waals surface area (Å²) in [7, 11) is 0. The van der Waals surface area contributed by atoms with Gasteiger partial charge in [-0.1, -0.05) is 41.4 Å². The maximum Gasteiger partial charge on any atom is 0.246 e. The van der Waals surface area contributed by atoms with Crippen LogP contribution in [-0.2, 0) is 11.3 Å². The highest BCUT2D eigenvalue weighted by Gasteiger charge is 2.13. The van der Waals surface area contributed by atoms with Crippen LogP contribution >= 0.6 is 23.2 Å². The van der Waals surface area contributed by atoms with Gasteiger partial charge in [0.15, 0.2) is 0 Å². The number of hydrogen-bond donors (Lipinski definition) is 2. The van der Waals surface area contributed by atoms with E-state index in [0.29, 0.717) is 22.8 Å². The Morgan fingerprint density at radius 3 is 2.95 bits per heavy atom. The zero-order chi connectivity index (χ0) is 15.4. The first-order chi connectivity index (χ1) is 10.0. The predicted molar refractivity (Wildman–Crippen MR) is 80.4 cm³/mol. The highest BCUT2D eigenvalue weighted by atomic mass is 35.5. The van der Waals surface area contributed by atoms with Crippen LogP contribution in [-0.4, -0.2) is 26.0 Å². The summed E-state index contributed by atoms with van der Waals surface area (Å²) in [5.41, 5.74) is 0.870. The third-order valence-corrected chi connectivity index (χ3v) is 3.63. The molecule has 0 spiro atoms. The number of aliphatic hydroxyl groups excluding tert-OH is 1. The molecule has 1 aromatic carbocycles. The van der Waals surface area contributed by atoms with Crippen LogP contribution in [0.4, 0.5) is 5.69 Å². The van der Waals surface area contributed by atoms with Gasteiger partial charge in [-0.2, -0.15) is 0 Å². The molecule has 0 bridgehead atoms. The van der Waals surface area contributed by atoms with Crippen LogP contribution in [0.2, 0.25) is 10.0 Å². The number of benzene rings is 1. The zero-order valence-corrected chi connectivity index (χ0v) is 12.8. The lowest BCUT2D eigenvalue weighted by molar-refractivity contribution is -0.116. The number of nitrogens with zero attached hydrogens (tertiary/aromatic N) is 3. The second-order valence-corrected chi connectivity index (χ2v) is 5.20. The molecule has 0 radical (unpaired) electrons. The highest BCUT2D eigenvalue weighted by molar-refractivity contribution is 6.43. The lowest BCUT2D eigenvalue weighted by Crippen LogP contribution is -2.19. The van der Waals surface area contributed by atoms with Crippen LogP contribution in [0.15, 0.2) is 24.4 Å². The third kappa shape index (κ3) is 3.93. The molecule has 2 N–H and O–H groups in total. The maximum absolute atomic E-state index is 11.9. The molecule has 2 aromatic rings. The van der Waals surface area contributed by atoms with Crippen molar-refractivity contribution in [3.63, 3.8) is 0 Å². The summed E-state index contributed by atoms with van der Waals surface area (Å²) < 4.78 is 1.35. The number of carbonyl (C=O) groups is 1. The van der Waals surface area contributed by atoms with E-state index in [1.165, 1.54) is 10.9 Å². The van der Waals surface area contributed by atoms with Crippen molar-refractivity contribution < 1.29 is 9.90 Å². The number of aliphatic hydroxyl groups is 1. The molecule has 21 heavy (non-hydrogen) atoms. The average molecular weight is 329 g/mol.